The quantitative estimate of drug-likeness (QED) is 0.814. The molecule has 2 N–H and O–H groups in total. The van der Waals surface area contributed by atoms with Crippen LogP contribution in [-0.2, 0) is 4.79 Å². The Labute approximate surface area is 116 Å². The average Bonchev–Trinajstić information content (AvgIpc) is 2.36. The molecule has 1 unspecified atom stereocenters. The topological polar surface area (TPSA) is 61.4 Å². The Kier molecular flexibility index (Phi) is 6.12. The van der Waals surface area contributed by atoms with E-state index in [0.717, 1.165) is 25.9 Å². The second kappa shape index (κ2) is 7.36. The second-order valence-corrected chi connectivity index (χ2v) is 5.98. The third-order valence-corrected chi connectivity index (χ3v) is 3.49. The van der Waals surface area contributed by atoms with E-state index in [0.29, 0.717) is 18.4 Å². The van der Waals surface area contributed by atoms with Gasteiger partial charge in [0.25, 0.3) is 0 Å². The number of carbonyl (C=O) groups is 2. The molecule has 0 aromatic heterocycles. The van der Waals surface area contributed by atoms with Crippen LogP contribution in [0.3, 0.4) is 0 Å². The smallest absolute Gasteiger partial charge is 0.318 e. The van der Waals surface area contributed by atoms with Crippen LogP contribution in [-0.4, -0.2) is 42.5 Å². The SMILES string of the molecule is CC(C)CNC(=O)C(C)NC(=O)N1CCC(C)CC1. The molecule has 1 fully saturated rings. The average molecular weight is 269 g/mol. The molecule has 1 rings (SSSR count). The molecular formula is C14H27N3O2. The number of likely N-dealkylation sites (tertiary alicyclic amines) is 1. The van der Waals surface area contributed by atoms with Gasteiger partial charge in [-0.3, -0.25) is 4.79 Å². The van der Waals surface area contributed by atoms with Crippen molar-refractivity contribution in [3.05, 3.63) is 0 Å². The summed E-state index contributed by atoms with van der Waals surface area (Å²) in [6.07, 6.45) is 2.09. The van der Waals surface area contributed by atoms with Gasteiger partial charge in [-0.2, -0.15) is 0 Å². The van der Waals surface area contributed by atoms with E-state index in [-0.39, 0.29) is 11.9 Å². The summed E-state index contributed by atoms with van der Waals surface area (Å²) in [5, 5.41) is 5.59. The molecule has 0 saturated carbocycles. The van der Waals surface area contributed by atoms with E-state index >= 15 is 0 Å². The first-order valence-electron chi connectivity index (χ1n) is 7.23. The van der Waals surface area contributed by atoms with E-state index in [1.165, 1.54) is 0 Å². The van der Waals surface area contributed by atoms with Crippen LogP contribution in [0.5, 0.6) is 0 Å². The standard InChI is InChI=1S/C14H27N3O2/c1-10(2)9-15-13(18)12(4)16-14(19)17-7-5-11(3)6-8-17/h10-12H,5-9H2,1-4H3,(H,15,18)(H,16,19). The summed E-state index contributed by atoms with van der Waals surface area (Å²) in [5.41, 5.74) is 0. The van der Waals surface area contributed by atoms with Gasteiger partial charge in [-0.05, 0) is 31.6 Å². The fourth-order valence-electron chi connectivity index (χ4n) is 2.01. The first-order chi connectivity index (χ1) is 8.90. The van der Waals surface area contributed by atoms with E-state index in [2.05, 4.69) is 17.6 Å². The highest BCUT2D eigenvalue weighted by atomic mass is 16.2. The largest absolute Gasteiger partial charge is 0.354 e. The third kappa shape index (κ3) is 5.49. The fourth-order valence-corrected chi connectivity index (χ4v) is 2.01. The zero-order chi connectivity index (χ0) is 14.4. The minimum absolute atomic E-state index is 0.118. The van der Waals surface area contributed by atoms with Crippen LogP contribution in [0, 0.1) is 11.8 Å². The molecule has 110 valence electrons. The fraction of sp³-hybridized carbons (Fsp3) is 0.857. The number of amides is 3. The Bertz CT molecular complexity index is 310. The van der Waals surface area contributed by atoms with Gasteiger partial charge in [-0.1, -0.05) is 20.8 Å². The summed E-state index contributed by atoms with van der Waals surface area (Å²) in [7, 11) is 0. The van der Waals surface area contributed by atoms with Gasteiger partial charge in [-0.25, -0.2) is 4.79 Å². The Morgan fingerprint density at radius 2 is 1.79 bits per heavy atom. The Hall–Kier alpha value is -1.26. The third-order valence-electron chi connectivity index (χ3n) is 3.49. The summed E-state index contributed by atoms with van der Waals surface area (Å²) < 4.78 is 0. The van der Waals surface area contributed by atoms with Crippen LogP contribution >= 0.6 is 0 Å². The molecule has 1 aliphatic heterocycles. The van der Waals surface area contributed by atoms with Crippen molar-refractivity contribution in [1.29, 1.82) is 0 Å². The number of hydrogen-bond donors (Lipinski definition) is 2. The number of hydrogen-bond acceptors (Lipinski definition) is 2. The lowest BCUT2D eigenvalue weighted by Gasteiger charge is -2.31. The lowest BCUT2D eigenvalue weighted by molar-refractivity contribution is -0.122. The first-order valence-corrected chi connectivity index (χ1v) is 7.23. The van der Waals surface area contributed by atoms with Crippen LogP contribution in [0.15, 0.2) is 0 Å². The highest BCUT2D eigenvalue weighted by Gasteiger charge is 2.23. The summed E-state index contributed by atoms with van der Waals surface area (Å²) in [6, 6.07) is -0.607. The van der Waals surface area contributed by atoms with Gasteiger partial charge in [0.15, 0.2) is 0 Å². The van der Waals surface area contributed by atoms with Crippen molar-refractivity contribution < 1.29 is 9.59 Å². The maximum absolute atomic E-state index is 12.0. The van der Waals surface area contributed by atoms with Gasteiger partial charge < -0.3 is 15.5 Å². The summed E-state index contributed by atoms with van der Waals surface area (Å²) in [5.74, 6) is 0.985. The highest BCUT2D eigenvalue weighted by molar-refractivity contribution is 5.86. The molecular weight excluding hydrogens is 242 g/mol. The molecule has 0 aromatic carbocycles. The van der Waals surface area contributed by atoms with Gasteiger partial charge >= 0.3 is 6.03 Å². The normalized spacial score (nSPS) is 18.3. The van der Waals surface area contributed by atoms with Crippen molar-refractivity contribution in [2.75, 3.05) is 19.6 Å². The van der Waals surface area contributed by atoms with Crippen molar-refractivity contribution in [2.24, 2.45) is 11.8 Å². The predicted molar refractivity (Wildman–Crippen MR) is 75.8 cm³/mol. The van der Waals surface area contributed by atoms with Crippen LogP contribution in [0.2, 0.25) is 0 Å². The molecule has 0 bridgehead atoms. The summed E-state index contributed by atoms with van der Waals surface area (Å²) in [4.78, 5) is 25.6. The van der Waals surface area contributed by atoms with Crippen LogP contribution in [0.25, 0.3) is 0 Å². The predicted octanol–water partition coefficient (Wildman–Crippen LogP) is 1.59. The molecule has 3 amide bonds. The van der Waals surface area contributed by atoms with Crippen molar-refractivity contribution in [2.45, 2.75) is 46.6 Å². The molecule has 1 saturated heterocycles. The van der Waals surface area contributed by atoms with E-state index in [1.54, 1.807) is 11.8 Å². The molecule has 0 spiro atoms. The number of rotatable bonds is 4. The van der Waals surface area contributed by atoms with Crippen molar-refractivity contribution in [3.63, 3.8) is 0 Å². The zero-order valence-electron chi connectivity index (χ0n) is 12.5. The molecule has 5 heteroatoms. The maximum atomic E-state index is 12.0. The van der Waals surface area contributed by atoms with Crippen molar-refractivity contribution in [1.82, 2.24) is 15.5 Å². The van der Waals surface area contributed by atoms with Gasteiger partial charge in [0.05, 0.1) is 0 Å². The van der Waals surface area contributed by atoms with Gasteiger partial charge in [0.1, 0.15) is 6.04 Å². The Morgan fingerprint density at radius 1 is 1.21 bits per heavy atom. The van der Waals surface area contributed by atoms with Crippen LogP contribution < -0.4 is 10.6 Å². The van der Waals surface area contributed by atoms with Gasteiger partial charge in [0, 0.05) is 19.6 Å². The highest BCUT2D eigenvalue weighted by Crippen LogP contribution is 2.15. The Morgan fingerprint density at radius 3 is 2.32 bits per heavy atom. The molecule has 0 radical (unpaired) electrons. The minimum atomic E-state index is -0.481. The number of urea groups is 1. The van der Waals surface area contributed by atoms with Crippen LogP contribution in [0.4, 0.5) is 4.79 Å². The molecule has 0 aliphatic carbocycles. The first kappa shape index (κ1) is 15.8. The monoisotopic (exact) mass is 269 g/mol. The molecule has 1 aliphatic rings. The number of nitrogens with one attached hydrogen (secondary N) is 2. The van der Waals surface area contributed by atoms with E-state index in [4.69, 9.17) is 0 Å². The van der Waals surface area contributed by atoms with E-state index in [9.17, 15) is 9.59 Å². The van der Waals surface area contributed by atoms with Crippen LogP contribution in [0.1, 0.15) is 40.5 Å². The molecule has 1 heterocycles. The summed E-state index contributed by atoms with van der Waals surface area (Å²) in [6.45, 7) is 10.2. The lowest BCUT2D eigenvalue weighted by atomic mass is 10.00. The summed E-state index contributed by atoms with van der Waals surface area (Å²) >= 11 is 0. The number of carbonyl (C=O) groups excluding carboxylic acids is 2. The maximum Gasteiger partial charge on any atom is 0.318 e. The van der Waals surface area contributed by atoms with E-state index in [1.807, 2.05) is 13.8 Å². The van der Waals surface area contributed by atoms with E-state index < -0.39 is 6.04 Å². The Balaban J connectivity index is 2.32. The van der Waals surface area contributed by atoms with Crippen molar-refractivity contribution in [3.8, 4) is 0 Å². The second-order valence-electron chi connectivity index (χ2n) is 5.98. The van der Waals surface area contributed by atoms with Gasteiger partial charge in [0.2, 0.25) is 5.91 Å². The van der Waals surface area contributed by atoms with Gasteiger partial charge in [-0.15, -0.1) is 0 Å². The number of piperidine rings is 1. The molecule has 19 heavy (non-hydrogen) atoms. The lowest BCUT2D eigenvalue weighted by Crippen LogP contribution is -2.51. The minimum Gasteiger partial charge on any atom is -0.354 e. The zero-order valence-corrected chi connectivity index (χ0v) is 12.5. The molecule has 5 nitrogen and oxygen atoms in total. The van der Waals surface area contributed by atoms with Crippen molar-refractivity contribution >= 4 is 11.9 Å². The molecule has 1 atom stereocenters. The molecule has 0 aromatic rings. The number of nitrogens with zero attached hydrogens (tertiary/aromatic N) is 1.